The fourth-order valence-electron chi connectivity index (χ4n) is 2.27. The number of carbonyl (C=O) groups is 1. The monoisotopic (exact) mass is 438 g/mol. The van der Waals surface area contributed by atoms with Crippen molar-refractivity contribution in [1.29, 1.82) is 0 Å². The molecule has 0 amide bonds. The summed E-state index contributed by atoms with van der Waals surface area (Å²) in [5.74, 6) is -0.140. The van der Waals surface area contributed by atoms with Gasteiger partial charge in [0.2, 0.25) is 10.0 Å². The molecule has 7 nitrogen and oxygen atoms in total. The van der Waals surface area contributed by atoms with Crippen LogP contribution in [0.2, 0.25) is 0 Å². The Kier molecular flexibility index (Phi) is 6.45. The molecule has 0 spiro atoms. The van der Waals surface area contributed by atoms with Crippen LogP contribution in [0.1, 0.15) is 12.6 Å². The van der Waals surface area contributed by atoms with Gasteiger partial charge in [0.15, 0.2) is 0 Å². The summed E-state index contributed by atoms with van der Waals surface area (Å²) < 4.78 is 37.3. The molecule has 1 atom stereocenters. The summed E-state index contributed by atoms with van der Waals surface area (Å²) in [6, 6.07) is 6.80. The molecule has 0 aliphatic heterocycles. The highest BCUT2D eigenvalue weighted by Crippen LogP contribution is 2.26. The number of nitrogens with zero attached hydrogens (tertiary/aromatic N) is 1. The van der Waals surface area contributed by atoms with Crippen LogP contribution in [0, 0.1) is 0 Å². The van der Waals surface area contributed by atoms with Crippen molar-refractivity contribution in [2.75, 3.05) is 7.11 Å². The second-order valence-corrected chi connectivity index (χ2v) is 9.13. The van der Waals surface area contributed by atoms with E-state index >= 15 is 0 Å². The third kappa shape index (κ3) is 4.96. The molecule has 3 rings (SSSR count). The highest BCUT2D eigenvalue weighted by atomic mass is 32.2. The third-order valence-electron chi connectivity index (χ3n) is 3.74. The molecule has 0 aliphatic rings. The number of aromatic nitrogens is 1. The van der Waals surface area contributed by atoms with Crippen molar-refractivity contribution < 1.29 is 22.7 Å². The number of thiophene rings is 1. The van der Waals surface area contributed by atoms with Gasteiger partial charge >= 0.3 is 5.97 Å². The van der Waals surface area contributed by atoms with Crippen molar-refractivity contribution >= 4 is 38.7 Å². The zero-order valence-electron chi connectivity index (χ0n) is 15.1. The van der Waals surface area contributed by atoms with Crippen molar-refractivity contribution in [3.8, 4) is 16.3 Å². The second-order valence-electron chi connectivity index (χ2n) is 5.78. The number of nitrogens with one attached hydrogen (secondary N) is 1. The SMILES string of the molecule is COc1ccc(S(=O)(=O)N[C@@H](C)C(=O)OCc2csc(-c3ccsc3)n2)cc1. The first kappa shape index (κ1) is 20.5. The maximum atomic E-state index is 12.4. The number of carbonyl (C=O) groups excluding carboxylic acids is 1. The standard InChI is InChI=1S/C18H18N2O5S3/c1-12(20-28(22,23)16-5-3-15(24-2)4-6-16)18(21)25-9-14-11-27-17(19-14)13-7-8-26-10-13/h3-8,10-12,20H,9H2,1-2H3/t12-/m0/s1. The van der Waals surface area contributed by atoms with E-state index in [0.717, 1.165) is 10.6 Å². The molecule has 148 valence electrons. The lowest BCUT2D eigenvalue weighted by Crippen LogP contribution is -2.39. The fraction of sp³-hybridized carbons (Fsp3) is 0.222. The van der Waals surface area contributed by atoms with Crippen LogP contribution in [0.25, 0.3) is 10.6 Å². The van der Waals surface area contributed by atoms with Gasteiger partial charge in [0.25, 0.3) is 0 Å². The molecule has 2 aromatic heterocycles. The molecule has 0 unspecified atom stereocenters. The number of benzene rings is 1. The summed E-state index contributed by atoms with van der Waals surface area (Å²) in [6.45, 7) is 1.41. The van der Waals surface area contributed by atoms with Gasteiger partial charge in [-0.3, -0.25) is 4.79 Å². The molecule has 10 heteroatoms. The molecule has 28 heavy (non-hydrogen) atoms. The number of hydrogen-bond donors (Lipinski definition) is 1. The van der Waals surface area contributed by atoms with Crippen molar-refractivity contribution in [3.63, 3.8) is 0 Å². The van der Waals surface area contributed by atoms with Gasteiger partial charge in [0.1, 0.15) is 23.4 Å². The maximum Gasteiger partial charge on any atom is 0.324 e. The number of hydrogen-bond acceptors (Lipinski definition) is 8. The van der Waals surface area contributed by atoms with E-state index in [1.54, 1.807) is 11.3 Å². The van der Waals surface area contributed by atoms with Gasteiger partial charge in [0, 0.05) is 16.3 Å². The van der Waals surface area contributed by atoms with E-state index in [-0.39, 0.29) is 11.5 Å². The van der Waals surface area contributed by atoms with Gasteiger partial charge in [-0.1, -0.05) is 0 Å². The van der Waals surface area contributed by atoms with Crippen LogP contribution in [-0.4, -0.2) is 32.5 Å². The first-order chi connectivity index (χ1) is 13.4. The van der Waals surface area contributed by atoms with Gasteiger partial charge < -0.3 is 9.47 Å². The first-order valence-corrected chi connectivity index (χ1v) is 11.5. The summed E-state index contributed by atoms with van der Waals surface area (Å²) in [5.41, 5.74) is 1.64. The van der Waals surface area contributed by atoms with Gasteiger partial charge in [0.05, 0.1) is 17.7 Å². The normalized spacial score (nSPS) is 12.5. The molecule has 2 heterocycles. The first-order valence-electron chi connectivity index (χ1n) is 8.19. The topological polar surface area (TPSA) is 94.6 Å². The number of methoxy groups -OCH3 is 1. The Balaban J connectivity index is 1.56. The molecule has 0 aliphatic carbocycles. The van der Waals surface area contributed by atoms with E-state index < -0.39 is 22.0 Å². The lowest BCUT2D eigenvalue weighted by atomic mass is 10.3. The second kappa shape index (κ2) is 8.82. The third-order valence-corrected chi connectivity index (χ3v) is 6.92. The fourth-order valence-corrected chi connectivity index (χ4v) is 4.97. The molecular weight excluding hydrogens is 420 g/mol. The van der Waals surface area contributed by atoms with Crippen molar-refractivity contribution in [1.82, 2.24) is 9.71 Å². The zero-order valence-corrected chi connectivity index (χ0v) is 17.6. The summed E-state index contributed by atoms with van der Waals surface area (Å²) in [5, 5.41) is 6.62. The van der Waals surface area contributed by atoms with Crippen LogP contribution in [0.5, 0.6) is 5.75 Å². The van der Waals surface area contributed by atoms with Crippen LogP contribution in [0.4, 0.5) is 0 Å². The Morgan fingerprint density at radius 1 is 1.21 bits per heavy atom. The average Bonchev–Trinajstić information content (AvgIpc) is 3.37. The smallest absolute Gasteiger partial charge is 0.324 e. The summed E-state index contributed by atoms with van der Waals surface area (Å²) in [4.78, 5) is 16.6. The van der Waals surface area contributed by atoms with Gasteiger partial charge in [-0.2, -0.15) is 16.1 Å². The highest BCUT2D eigenvalue weighted by molar-refractivity contribution is 7.89. The number of esters is 1. The van der Waals surface area contributed by atoms with E-state index in [1.165, 1.54) is 49.6 Å². The number of ether oxygens (including phenoxy) is 2. The van der Waals surface area contributed by atoms with Crippen LogP contribution >= 0.6 is 22.7 Å². The lowest BCUT2D eigenvalue weighted by molar-refractivity contribution is -0.146. The van der Waals surface area contributed by atoms with E-state index in [2.05, 4.69) is 9.71 Å². The Labute approximate surface area is 171 Å². The van der Waals surface area contributed by atoms with E-state index in [1.807, 2.05) is 22.2 Å². The molecule has 0 fully saturated rings. The summed E-state index contributed by atoms with van der Waals surface area (Å²) in [7, 11) is -2.37. The van der Waals surface area contributed by atoms with Crippen LogP contribution in [0.15, 0.2) is 51.4 Å². The van der Waals surface area contributed by atoms with Gasteiger partial charge in [-0.05, 0) is 42.6 Å². The Morgan fingerprint density at radius 2 is 1.96 bits per heavy atom. The quantitative estimate of drug-likeness (QED) is 0.543. The Hall–Kier alpha value is -2.27. The maximum absolute atomic E-state index is 12.4. The Morgan fingerprint density at radius 3 is 2.61 bits per heavy atom. The molecule has 0 saturated heterocycles. The largest absolute Gasteiger partial charge is 0.497 e. The van der Waals surface area contributed by atoms with Crippen molar-refractivity contribution in [2.24, 2.45) is 0 Å². The summed E-state index contributed by atoms with van der Waals surface area (Å²) in [6.07, 6.45) is 0. The molecule has 1 N–H and O–H groups in total. The number of thiazole rings is 1. The zero-order chi connectivity index (χ0) is 20.1. The minimum Gasteiger partial charge on any atom is -0.497 e. The number of rotatable bonds is 8. The molecule has 0 radical (unpaired) electrons. The van der Waals surface area contributed by atoms with Crippen molar-refractivity contribution in [2.45, 2.75) is 24.5 Å². The van der Waals surface area contributed by atoms with Gasteiger partial charge in [-0.15, -0.1) is 11.3 Å². The van der Waals surface area contributed by atoms with E-state index in [9.17, 15) is 13.2 Å². The predicted molar refractivity (Wildman–Crippen MR) is 108 cm³/mol. The van der Waals surface area contributed by atoms with Crippen LogP contribution in [0.3, 0.4) is 0 Å². The molecular formula is C18H18N2O5S3. The minimum atomic E-state index is -3.86. The molecule has 1 aromatic carbocycles. The van der Waals surface area contributed by atoms with E-state index in [4.69, 9.17) is 9.47 Å². The van der Waals surface area contributed by atoms with Crippen LogP contribution < -0.4 is 9.46 Å². The van der Waals surface area contributed by atoms with Gasteiger partial charge in [-0.25, -0.2) is 13.4 Å². The lowest BCUT2D eigenvalue weighted by Gasteiger charge is -2.13. The summed E-state index contributed by atoms with van der Waals surface area (Å²) >= 11 is 3.04. The minimum absolute atomic E-state index is 0.0198. The van der Waals surface area contributed by atoms with Crippen molar-refractivity contribution in [3.05, 3.63) is 52.2 Å². The molecule has 3 aromatic rings. The predicted octanol–water partition coefficient (Wildman–Crippen LogP) is 3.29. The van der Waals surface area contributed by atoms with Crippen LogP contribution in [-0.2, 0) is 26.2 Å². The number of sulfonamides is 1. The van der Waals surface area contributed by atoms with E-state index in [0.29, 0.717) is 11.4 Å². The Bertz CT molecular complexity index is 1030. The average molecular weight is 439 g/mol. The molecule has 0 bridgehead atoms. The molecule has 0 saturated carbocycles. The highest BCUT2D eigenvalue weighted by Gasteiger charge is 2.23.